The summed E-state index contributed by atoms with van der Waals surface area (Å²) in [6, 6.07) is 0.796. The Labute approximate surface area is 207 Å². The van der Waals surface area contributed by atoms with Crippen LogP contribution in [0.1, 0.15) is 38.2 Å². The molecule has 1 aliphatic rings. The van der Waals surface area contributed by atoms with Gasteiger partial charge in [0.2, 0.25) is 17.7 Å². The maximum atomic E-state index is 13.3. The summed E-state index contributed by atoms with van der Waals surface area (Å²) in [6.07, 6.45) is -1.36. The van der Waals surface area contributed by atoms with Crippen LogP contribution in [-0.4, -0.2) is 91.8 Å². The number of aliphatic carboxylic acids is 2. The predicted molar refractivity (Wildman–Crippen MR) is 125 cm³/mol. The fraction of sp³-hybridized carbons (Fsp3) is 0.522. The fourth-order valence-electron chi connectivity index (χ4n) is 3.85. The third-order valence-electron chi connectivity index (χ3n) is 5.91. The average Bonchev–Trinajstić information content (AvgIpc) is 3.31. The minimum Gasteiger partial charge on any atom is -0.508 e. The zero-order chi connectivity index (χ0) is 27.0. The largest absolute Gasteiger partial charge is 0.508 e. The number of benzene rings is 1. The number of nitrogens with zero attached hydrogens (tertiary/aromatic N) is 1. The van der Waals surface area contributed by atoms with E-state index < -0.39 is 66.4 Å². The quantitative estimate of drug-likeness (QED) is 0.174. The third-order valence-corrected chi connectivity index (χ3v) is 5.91. The van der Waals surface area contributed by atoms with E-state index in [9.17, 15) is 39.3 Å². The number of likely N-dealkylation sites (tertiary alicyclic amines) is 1. The molecule has 2 rings (SSSR count). The van der Waals surface area contributed by atoms with Crippen molar-refractivity contribution in [1.82, 2.24) is 15.5 Å². The third kappa shape index (κ3) is 7.92. The van der Waals surface area contributed by atoms with Crippen LogP contribution in [0.25, 0.3) is 0 Å². The number of aliphatic hydroxyl groups is 1. The fourth-order valence-corrected chi connectivity index (χ4v) is 3.85. The standard InChI is InChI=1S/C23H32N4O9/c1-12(28)19(24)21(33)25-15(8-9-18(30)31)20(32)26-16(11-13-4-6-14(29)7-5-13)22(34)27-10-2-3-17(27)23(35)36/h4-7,12,15-17,19,28-29H,2-3,8-11,24H2,1H3,(H,25,33)(H,26,32)(H,30,31)(H,35,36). The molecule has 0 bridgehead atoms. The number of phenolic OH excluding ortho intramolecular Hbond substituents is 1. The number of nitrogens with two attached hydrogens (primary N) is 1. The maximum absolute atomic E-state index is 13.3. The molecule has 3 amide bonds. The van der Waals surface area contributed by atoms with Gasteiger partial charge in [-0.05, 0) is 43.9 Å². The number of carboxylic acid groups (broad SMARTS) is 2. The molecule has 0 radical (unpaired) electrons. The summed E-state index contributed by atoms with van der Waals surface area (Å²) in [7, 11) is 0. The number of phenols is 1. The molecule has 13 heteroatoms. The molecule has 13 nitrogen and oxygen atoms in total. The Bertz CT molecular complexity index is 967. The van der Waals surface area contributed by atoms with Crippen LogP contribution < -0.4 is 16.4 Å². The Balaban J connectivity index is 2.29. The highest BCUT2D eigenvalue weighted by molar-refractivity contribution is 5.94. The van der Waals surface area contributed by atoms with E-state index in [0.29, 0.717) is 12.0 Å². The first kappa shape index (κ1) is 28.5. The normalized spacial score (nSPS) is 18.5. The summed E-state index contributed by atoms with van der Waals surface area (Å²) in [5, 5.41) is 42.4. The SMILES string of the molecule is CC(O)C(N)C(=O)NC(CCC(=O)O)C(=O)NC(Cc1ccc(O)cc1)C(=O)N1CCCC1C(=O)O. The topological polar surface area (TPSA) is 220 Å². The molecular formula is C23H32N4O9. The Kier molecular flexibility index (Phi) is 10.2. The molecule has 1 aliphatic heterocycles. The van der Waals surface area contributed by atoms with Crippen LogP contribution in [-0.2, 0) is 30.4 Å². The zero-order valence-electron chi connectivity index (χ0n) is 19.8. The summed E-state index contributed by atoms with van der Waals surface area (Å²) < 4.78 is 0. The van der Waals surface area contributed by atoms with E-state index in [1.807, 2.05) is 0 Å². The molecule has 198 valence electrons. The van der Waals surface area contributed by atoms with Gasteiger partial charge in [-0.25, -0.2) is 4.79 Å². The van der Waals surface area contributed by atoms with Gasteiger partial charge >= 0.3 is 11.9 Å². The predicted octanol–water partition coefficient (Wildman–Crippen LogP) is -1.45. The molecule has 1 fully saturated rings. The van der Waals surface area contributed by atoms with Crippen molar-refractivity contribution in [3.63, 3.8) is 0 Å². The van der Waals surface area contributed by atoms with Gasteiger partial charge in [-0.3, -0.25) is 19.2 Å². The number of hydrogen-bond donors (Lipinski definition) is 7. The molecule has 1 saturated heterocycles. The van der Waals surface area contributed by atoms with Crippen molar-refractivity contribution in [2.75, 3.05) is 6.54 Å². The van der Waals surface area contributed by atoms with E-state index in [0.717, 1.165) is 0 Å². The van der Waals surface area contributed by atoms with Crippen LogP contribution in [0.3, 0.4) is 0 Å². The number of carbonyl (C=O) groups excluding carboxylic acids is 3. The lowest BCUT2D eigenvalue weighted by Gasteiger charge is -2.29. The van der Waals surface area contributed by atoms with Crippen molar-refractivity contribution in [1.29, 1.82) is 0 Å². The zero-order valence-corrected chi connectivity index (χ0v) is 19.8. The summed E-state index contributed by atoms with van der Waals surface area (Å²) in [6.45, 7) is 1.46. The second kappa shape index (κ2) is 12.8. The molecule has 0 spiro atoms. The first-order chi connectivity index (χ1) is 16.9. The van der Waals surface area contributed by atoms with E-state index in [4.69, 9.17) is 10.8 Å². The van der Waals surface area contributed by atoms with Gasteiger partial charge in [0.1, 0.15) is 29.9 Å². The molecule has 0 aliphatic carbocycles. The van der Waals surface area contributed by atoms with E-state index >= 15 is 0 Å². The number of rotatable bonds is 12. The molecule has 0 saturated carbocycles. The lowest BCUT2D eigenvalue weighted by atomic mass is 10.0. The highest BCUT2D eigenvalue weighted by atomic mass is 16.4. The van der Waals surface area contributed by atoms with E-state index in [1.165, 1.54) is 36.1 Å². The molecule has 1 aromatic carbocycles. The summed E-state index contributed by atoms with van der Waals surface area (Å²) in [5.74, 6) is -4.81. The first-order valence-corrected chi connectivity index (χ1v) is 11.5. The number of aliphatic hydroxyl groups excluding tert-OH is 1. The molecule has 1 heterocycles. The number of hydrogen-bond acceptors (Lipinski definition) is 8. The second-order valence-electron chi connectivity index (χ2n) is 8.72. The van der Waals surface area contributed by atoms with Gasteiger partial charge in [-0.15, -0.1) is 0 Å². The van der Waals surface area contributed by atoms with Crippen LogP contribution in [0, 0.1) is 0 Å². The molecular weight excluding hydrogens is 476 g/mol. The van der Waals surface area contributed by atoms with Crippen molar-refractivity contribution >= 4 is 29.7 Å². The Morgan fingerprint density at radius 2 is 1.67 bits per heavy atom. The number of carboxylic acids is 2. The molecule has 36 heavy (non-hydrogen) atoms. The Morgan fingerprint density at radius 1 is 1.06 bits per heavy atom. The van der Waals surface area contributed by atoms with Crippen LogP contribution in [0.2, 0.25) is 0 Å². The molecule has 1 aromatic rings. The van der Waals surface area contributed by atoms with Gasteiger partial charge in [-0.1, -0.05) is 12.1 Å². The van der Waals surface area contributed by atoms with Gasteiger partial charge in [0.15, 0.2) is 0 Å². The molecule has 0 aromatic heterocycles. The monoisotopic (exact) mass is 508 g/mol. The van der Waals surface area contributed by atoms with Crippen molar-refractivity contribution in [3.8, 4) is 5.75 Å². The van der Waals surface area contributed by atoms with Gasteiger partial charge in [0.05, 0.1) is 6.10 Å². The minimum atomic E-state index is -1.39. The van der Waals surface area contributed by atoms with Gasteiger partial charge < -0.3 is 41.7 Å². The average molecular weight is 509 g/mol. The Hall–Kier alpha value is -3.71. The smallest absolute Gasteiger partial charge is 0.326 e. The highest BCUT2D eigenvalue weighted by Gasteiger charge is 2.38. The molecule has 5 unspecified atom stereocenters. The van der Waals surface area contributed by atoms with Crippen LogP contribution >= 0.6 is 0 Å². The van der Waals surface area contributed by atoms with E-state index in [2.05, 4.69) is 10.6 Å². The van der Waals surface area contributed by atoms with E-state index in [-0.39, 0.29) is 31.6 Å². The van der Waals surface area contributed by atoms with Crippen LogP contribution in [0.15, 0.2) is 24.3 Å². The Morgan fingerprint density at radius 3 is 2.22 bits per heavy atom. The minimum absolute atomic E-state index is 0.0120. The summed E-state index contributed by atoms with van der Waals surface area (Å²) in [4.78, 5) is 62.6. The molecule has 8 N–H and O–H groups in total. The van der Waals surface area contributed by atoms with Crippen molar-refractivity contribution < 1.29 is 44.4 Å². The second-order valence-corrected chi connectivity index (χ2v) is 8.72. The highest BCUT2D eigenvalue weighted by Crippen LogP contribution is 2.20. The van der Waals surface area contributed by atoms with Crippen LogP contribution in [0.5, 0.6) is 5.75 Å². The number of nitrogens with one attached hydrogen (secondary N) is 2. The van der Waals surface area contributed by atoms with Crippen LogP contribution in [0.4, 0.5) is 0 Å². The van der Waals surface area contributed by atoms with Gasteiger partial charge in [0.25, 0.3) is 0 Å². The van der Waals surface area contributed by atoms with Crippen molar-refractivity contribution in [2.45, 2.75) is 69.3 Å². The molecule has 5 atom stereocenters. The number of aromatic hydroxyl groups is 1. The van der Waals surface area contributed by atoms with Gasteiger partial charge in [-0.2, -0.15) is 0 Å². The lowest BCUT2D eigenvalue weighted by molar-refractivity contribution is -0.149. The van der Waals surface area contributed by atoms with E-state index in [1.54, 1.807) is 0 Å². The van der Waals surface area contributed by atoms with Crippen molar-refractivity contribution in [3.05, 3.63) is 29.8 Å². The summed E-state index contributed by atoms with van der Waals surface area (Å²) >= 11 is 0. The van der Waals surface area contributed by atoms with Gasteiger partial charge in [0, 0.05) is 19.4 Å². The number of amides is 3. The first-order valence-electron chi connectivity index (χ1n) is 11.5. The maximum Gasteiger partial charge on any atom is 0.326 e. The van der Waals surface area contributed by atoms with Crippen molar-refractivity contribution in [2.24, 2.45) is 5.73 Å². The lowest BCUT2D eigenvalue weighted by Crippen LogP contribution is -2.58. The summed E-state index contributed by atoms with van der Waals surface area (Å²) in [5.41, 5.74) is 6.16. The number of carbonyl (C=O) groups is 5.